The highest BCUT2D eigenvalue weighted by Gasteiger charge is 2.22. The molecule has 0 saturated heterocycles. The maximum absolute atomic E-state index is 12.4. The number of amides is 1. The first-order valence-electron chi connectivity index (χ1n) is 6.00. The molecule has 6 nitrogen and oxygen atoms in total. The van der Waals surface area contributed by atoms with E-state index in [0.29, 0.717) is 30.2 Å². The van der Waals surface area contributed by atoms with Crippen molar-refractivity contribution in [2.24, 2.45) is 0 Å². The van der Waals surface area contributed by atoms with Crippen LogP contribution >= 0.6 is 11.3 Å². The molecule has 2 aromatic rings. The van der Waals surface area contributed by atoms with E-state index in [-0.39, 0.29) is 5.91 Å². The molecule has 0 aromatic carbocycles. The maximum Gasteiger partial charge on any atom is 0.274 e. The van der Waals surface area contributed by atoms with E-state index in [4.69, 9.17) is 5.73 Å². The predicted octanol–water partition coefficient (Wildman–Crippen LogP) is 1.52. The SMILES string of the molecule is CCn1nc(C)c(N)c1C(=O)N(C)Cc1cscn1. The first-order valence-corrected chi connectivity index (χ1v) is 6.94. The van der Waals surface area contributed by atoms with Gasteiger partial charge in [0.25, 0.3) is 5.91 Å². The Morgan fingerprint density at radius 2 is 2.32 bits per heavy atom. The van der Waals surface area contributed by atoms with Gasteiger partial charge in [-0.1, -0.05) is 0 Å². The second-order valence-electron chi connectivity index (χ2n) is 4.30. The van der Waals surface area contributed by atoms with Gasteiger partial charge in [-0.2, -0.15) is 5.10 Å². The highest BCUT2D eigenvalue weighted by Crippen LogP contribution is 2.19. The van der Waals surface area contributed by atoms with Crippen molar-refractivity contribution >= 4 is 22.9 Å². The molecule has 19 heavy (non-hydrogen) atoms. The van der Waals surface area contributed by atoms with Crippen LogP contribution in [0.5, 0.6) is 0 Å². The Labute approximate surface area is 115 Å². The molecule has 0 saturated carbocycles. The molecule has 0 fully saturated rings. The minimum Gasteiger partial charge on any atom is -0.395 e. The van der Waals surface area contributed by atoms with E-state index in [1.165, 1.54) is 11.3 Å². The lowest BCUT2D eigenvalue weighted by Gasteiger charge is -2.16. The minimum atomic E-state index is -0.132. The summed E-state index contributed by atoms with van der Waals surface area (Å²) in [5.41, 5.74) is 10.2. The van der Waals surface area contributed by atoms with Crippen molar-refractivity contribution < 1.29 is 4.79 Å². The van der Waals surface area contributed by atoms with Crippen molar-refractivity contribution in [3.8, 4) is 0 Å². The van der Waals surface area contributed by atoms with E-state index in [2.05, 4.69) is 10.1 Å². The molecular weight excluding hydrogens is 262 g/mol. The van der Waals surface area contributed by atoms with Crippen LogP contribution in [0.1, 0.15) is 28.8 Å². The molecular formula is C12H17N5OS. The van der Waals surface area contributed by atoms with E-state index in [0.717, 1.165) is 5.69 Å². The van der Waals surface area contributed by atoms with Crippen LogP contribution in [0, 0.1) is 6.92 Å². The van der Waals surface area contributed by atoms with Crippen molar-refractivity contribution in [2.45, 2.75) is 26.9 Å². The summed E-state index contributed by atoms with van der Waals surface area (Å²) in [6, 6.07) is 0. The molecule has 2 heterocycles. The lowest BCUT2D eigenvalue weighted by molar-refractivity contribution is 0.0772. The maximum atomic E-state index is 12.4. The van der Waals surface area contributed by atoms with Gasteiger partial charge in [-0.05, 0) is 13.8 Å². The second kappa shape index (κ2) is 5.40. The number of hydrogen-bond donors (Lipinski definition) is 1. The number of hydrogen-bond acceptors (Lipinski definition) is 5. The molecule has 2 aromatic heterocycles. The fourth-order valence-electron chi connectivity index (χ4n) is 1.86. The highest BCUT2D eigenvalue weighted by molar-refractivity contribution is 7.07. The fraction of sp³-hybridized carbons (Fsp3) is 0.417. The number of carbonyl (C=O) groups excluding carboxylic acids is 1. The molecule has 0 bridgehead atoms. The summed E-state index contributed by atoms with van der Waals surface area (Å²) < 4.78 is 1.64. The third-order valence-corrected chi connectivity index (χ3v) is 3.54. The number of anilines is 1. The van der Waals surface area contributed by atoms with Crippen molar-refractivity contribution in [2.75, 3.05) is 12.8 Å². The van der Waals surface area contributed by atoms with Crippen LogP contribution in [-0.2, 0) is 13.1 Å². The summed E-state index contributed by atoms with van der Waals surface area (Å²) in [7, 11) is 1.74. The van der Waals surface area contributed by atoms with Gasteiger partial charge in [0.2, 0.25) is 0 Å². The molecule has 0 unspecified atom stereocenters. The van der Waals surface area contributed by atoms with Crippen LogP contribution in [0.3, 0.4) is 0 Å². The number of nitrogens with two attached hydrogens (primary N) is 1. The smallest absolute Gasteiger partial charge is 0.274 e. The van der Waals surface area contributed by atoms with E-state index in [9.17, 15) is 4.79 Å². The third kappa shape index (κ3) is 2.60. The lowest BCUT2D eigenvalue weighted by atomic mass is 10.2. The van der Waals surface area contributed by atoms with Gasteiger partial charge >= 0.3 is 0 Å². The van der Waals surface area contributed by atoms with Crippen LogP contribution in [-0.4, -0.2) is 32.6 Å². The number of thiazole rings is 1. The van der Waals surface area contributed by atoms with E-state index in [1.54, 1.807) is 29.1 Å². The zero-order valence-electron chi connectivity index (χ0n) is 11.3. The van der Waals surface area contributed by atoms with Crippen LogP contribution in [0.25, 0.3) is 0 Å². The molecule has 2 N–H and O–H groups in total. The number of aryl methyl sites for hydroxylation is 2. The molecule has 0 radical (unpaired) electrons. The van der Waals surface area contributed by atoms with E-state index < -0.39 is 0 Å². The molecule has 0 aliphatic heterocycles. The fourth-order valence-corrected chi connectivity index (χ4v) is 2.41. The highest BCUT2D eigenvalue weighted by atomic mass is 32.1. The Bertz CT molecular complexity index is 575. The van der Waals surface area contributed by atoms with Gasteiger partial charge in [0, 0.05) is 19.0 Å². The summed E-state index contributed by atoms with van der Waals surface area (Å²) >= 11 is 1.51. The molecule has 2 rings (SSSR count). The van der Waals surface area contributed by atoms with Gasteiger partial charge in [0.15, 0.2) is 0 Å². The summed E-state index contributed by atoms with van der Waals surface area (Å²) in [4.78, 5) is 18.2. The van der Waals surface area contributed by atoms with Crippen LogP contribution in [0.15, 0.2) is 10.9 Å². The standard InChI is InChI=1S/C12H17N5OS/c1-4-17-11(10(13)8(2)15-17)12(18)16(3)5-9-6-19-7-14-9/h6-7H,4-5,13H2,1-3H3. The monoisotopic (exact) mass is 279 g/mol. The van der Waals surface area contributed by atoms with E-state index >= 15 is 0 Å². The first-order chi connectivity index (χ1) is 9.04. The van der Waals surface area contributed by atoms with Gasteiger partial charge in [-0.15, -0.1) is 11.3 Å². The number of aromatic nitrogens is 3. The molecule has 0 aliphatic rings. The van der Waals surface area contributed by atoms with Crippen molar-refractivity contribution in [3.63, 3.8) is 0 Å². The summed E-state index contributed by atoms with van der Waals surface area (Å²) in [5.74, 6) is -0.132. The molecule has 1 amide bonds. The number of carbonyl (C=O) groups is 1. The quantitative estimate of drug-likeness (QED) is 0.920. The van der Waals surface area contributed by atoms with Gasteiger partial charge in [0.05, 0.1) is 29.1 Å². The Morgan fingerprint density at radius 3 is 2.89 bits per heavy atom. The van der Waals surface area contributed by atoms with Crippen molar-refractivity contribution in [3.05, 3.63) is 28.0 Å². The molecule has 0 spiro atoms. The van der Waals surface area contributed by atoms with Gasteiger partial charge in [-0.25, -0.2) is 4.98 Å². The Balaban J connectivity index is 2.24. The van der Waals surface area contributed by atoms with Gasteiger partial charge < -0.3 is 10.6 Å². The summed E-state index contributed by atoms with van der Waals surface area (Å²) in [6.45, 7) is 4.82. The van der Waals surface area contributed by atoms with Crippen molar-refractivity contribution in [1.82, 2.24) is 19.7 Å². The van der Waals surface area contributed by atoms with Crippen LogP contribution < -0.4 is 5.73 Å². The molecule has 0 atom stereocenters. The Hall–Kier alpha value is -1.89. The zero-order valence-corrected chi connectivity index (χ0v) is 12.1. The molecule has 0 aliphatic carbocycles. The number of nitrogens with zero attached hydrogens (tertiary/aromatic N) is 4. The van der Waals surface area contributed by atoms with Crippen LogP contribution in [0.4, 0.5) is 5.69 Å². The average Bonchev–Trinajstić information content (AvgIpc) is 2.98. The Kier molecular flexibility index (Phi) is 3.84. The topological polar surface area (TPSA) is 77.0 Å². The number of rotatable bonds is 4. The number of nitrogen functional groups attached to an aromatic ring is 1. The zero-order chi connectivity index (χ0) is 14.0. The largest absolute Gasteiger partial charge is 0.395 e. The summed E-state index contributed by atoms with van der Waals surface area (Å²) in [6.07, 6.45) is 0. The predicted molar refractivity (Wildman–Crippen MR) is 75.0 cm³/mol. The lowest BCUT2D eigenvalue weighted by Crippen LogP contribution is -2.29. The van der Waals surface area contributed by atoms with Gasteiger partial charge in [0.1, 0.15) is 5.69 Å². The average molecular weight is 279 g/mol. The van der Waals surface area contributed by atoms with Gasteiger partial charge in [-0.3, -0.25) is 9.48 Å². The summed E-state index contributed by atoms with van der Waals surface area (Å²) in [5, 5.41) is 6.19. The van der Waals surface area contributed by atoms with E-state index in [1.807, 2.05) is 12.3 Å². The van der Waals surface area contributed by atoms with Crippen LogP contribution in [0.2, 0.25) is 0 Å². The molecule has 102 valence electrons. The first kappa shape index (κ1) is 13.5. The normalized spacial score (nSPS) is 10.7. The Morgan fingerprint density at radius 1 is 1.58 bits per heavy atom. The second-order valence-corrected chi connectivity index (χ2v) is 5.02. The third-order valence-electron chi connectivity index (χ3n) is 2.91. The molecule has 7 heteroatoms. The van der Waals surface area contributed by atoms with Crippen molar-refractivity contribution in [1.29, 1.82) is 0 Å². The minimum absolute atomic E-state index is 0.132.